The molecule has 0 aromatic heterocycles. The van der Waals surface area contributed by atoms with Gasteiger partial charge in [0.25, 0.3) is 0 Å². The van der Waals surface area contributed by atoms with Crippen LogP contribution in [0.3, 0.4) is 0 Å². The summed E-state index contributed by atoms with van der Waals surface area (Å²) in [7, 11) is 0. The molecule has 1 aliphatic carbocycles. The molecule has 1 heteroatoms. The van der Waals surface area contributed by atoms with Crippen molar-refractivity contribution in [3.63, 3.8) is 0 Å². The minimum Gasteiger partial charge on any atom is -0.300 e. The summed E-state index contributed by atoms with van der Waals surface area (Å²) in [6.07, 6.45) is -5.02. The van der Waals surface area contributed by atoms with Crippen molar-refractivity contribution in [1.29, 1.82) is 0 Å². The molecule has 0 amide bonds. The van der Waals surface area contributed by atoms with Crippen LogP contribution in [0.15, 0.2) is 0 Å². The molecule has 9 heavy (non-hydrogen) atoms. The van der Waals surface area contributed by atoms with Crippen LogP contribution in [0.5, 0.6) is 0 Å². The van der Waals surface area contributed by atoms with Crippen molar-refractivity contribution in [2.75, 3.05) is 0 Å². The molecular formula is C8H14O. The topological polar surface area (TPSA) is 17.1 Å². The van der Waals surface area contributed by atoms with Gasteiger partial charge in [0.05, 0.1) is 0 Å². The highest BCUT2D eigenvalue weighted by Gasteiger charge is 2.20. The molecule has 1 rings (SSSR count). The zero-order valence-corrected chi connectivity index (χ0v) is 4.82. The molecule has 1 saturated carbocycles. The third-order valence-corrected chi connectivity index (χ3v) is 1.05. The Morgan fingerprint density at radius 1 is 1.67 bits per heavy atom. The third-order valence-electron chi connectivity index (χ3n) is 1.05. The van der Waals surface area contributed by atoms with Gasteiger partial charge in [0.15, 0.2) is 0 Å². The lowest BCUT2D eigenvalue weighted by Gasteiger charge is -2.21. The summed E-state index contributed by atoms with van der Waals surface area (Å²) in [5, 5.41) is 0. The van der Waals surface area contributed by atoms with Crippen LogP contribution in [0.1, 0.15) is 46.6 Å². The van der Waals surface area contributed by atoms with E-state index in [1.807, 2.05) is 0 Å². The Kier molecular flexibility index (Phi) is 0.407. The van der Waals surface area contributed by atoms with Crippen LogP contribution in [-0.4, -0.2) is 5.78 Å². The molecule has 0 bridgehead atoms. The van der Waals surface area contributed by atoms with Gasteiger partial charge in [0.1, 0.15) is 5.78 Å². The third kappa shape index (κ3) is 1.81. The van der Waals surface area contributed by atoms with Gasteiger partial charge >= 0.3 is 0 Å². The van der Waals surface area contributed by atoms with E-state index in [0.29, 0.717) is 0 Å². The smallest absolute Gasteiger partial charge is 0.133 e. The van der Waals surface area contributed by atoms with Crippen LogP contribution in [0.4, 0.5) is 0 Å². The molecule has 2 unspecified atom stereocenters. The lowest BCUT2D eigenvalue weighted by Crippen LogP contribution is -2.18. The van der Waals surface area contributed by atoms with Gasteiger partial charge in [-0.1, -0.05) is 13.7 Å². The van der Waals surface area contributed by atoms with E-state index in [1.165, 1.54) is 0 Å². The van der Waals surface area contributed by atoms with E-state index in [9.17, 15) is 4.79 Å². The molecule has 52 valence electrons. The van der Waals surface area contributed by atoms with E-state index in [1.54, 1.807) is 0 Å². The van der Waals surface area contributed by atoms with Crippen LogP contribution < -0.4 is 0 Å². The summed E-state index contributed by atoms with van der Waals surface area (Å²) < 4.78 is 74.6. The molecule has 1 fully saturated rings. The van der Waals surface area contributed by atoms with E-state index >= 15 is 0 Å². The number of hydrogen-bond acceptors (Lipinski definition) is 1. The van der Waals surface area contributed by atoms with Crippen molar-refractivity contribution < 1.29 is 18.5 Å². The molecule has 0 aliphatic heterocycles. The largest absolute Gasteiger partial charge is 0.300 e. The van der Waals surface area contributed by atoms with E-state index in [0.717, 1.165) is 0 Å². The summed E-state index contributed by atoms with van der Waals surface area (Å²) in [6, 6.07) is 0. The zero-order valence-electron chi connectivity index (χ0n) is 14.8. The number of hydrogen-bond donors (Lipinski definition) is 0. The number of ketones is 1. The Labute approximate surface area is 70.5 Å². The Bertz CT molecular complexity index is 361. The molecule has 0 heterocycles. The number of carbonyl (C=O) groups excluding carboxylic acids is 1. The molecule has 0 spiro atoms. The van der Waals surface area contributed by atoms with Gasteiger partial charge in [0, 0.05) is 26.5 Å². The van der Waals surface area contributed by atoms with Gasteiger partial charge in [-0.25, -0.2) is 0 Å². The molecule has 0 aromatic rings. The SMILES string of the molecule is [2H]C([2H])([2H])C1([2H])CC(=O)CC([2H])(C([2H])([2H])[2H])C1([2H])[2H]. The van der Waals surface area contributed by atoms with E-state index in [4.69, 9.17) is 13.7 Å². The summed E-state index contributed by atoms with van der Waals surface area (Å²) >= 11 is 0. The Balaban J connectivity index is 3.52. The fourth-order valence-electron chi connectivity index (χ4n) is 0.727. The van der Waals surface area contributed by atoms with Gasteiger partial charge in [0.2, 0.25) is 0 Å². The summed E-state index contributed by atoms with van der Waals surface area (Å²) in [5.41, 5.74) is 0. The van der Waals surface area contributed by atoms with Crippen LogP contribution in [0.25, 0.3) is 0 Å². The van der Waals surface area contributed by atoms with Crippen molar-refractivity contribution in [2.24, 2.45) is 11.8 Å². The van der Waals surface area contributed by atoms with E-state index in [-0.39, 0.29) is 0 Å². The first-order chi connectivity index (χ1) is 8.10. The van der Waals surface area contributed by atoms with Gasteiger partial charge in [-0.15, -0.1) is 0 Å². The van der Waals surface area contributed by atoms with Crippen LogP contribution in [-0.2, 0) is 4.79 Å². The molecule has 0 saturated heterocycles. The normalized spacial score (nSPS) is 78.0. The first kappa shape index (κ1) is 1.46. The lowest BCUT2D eigenvalue weighted by atomic mass is 9.83. The van der Waals surface area contributed by atoms with Crippen molar-refractivity contribution >= 4 is 5.78 Å². The monoisotopic (exact) mass is 136 g/mol. The highest BCUT2D eigenvalue weighted by atomic mass is 16.1. The van der Waals surface area contributed by atoms with Gasteiger partial charge < -0.3 is 0 Å². The Hall–Kier alpha value is -0.330. The maximum Gasteiger partial charge on any atom is 0.133 e. The maximum atomic E-state index is 11.6. The second-order valence-corrected chi connectivity index (χ2v) is 1.97. The molecular weight excluding hydrogens is 112 g/mol. The predicted molar refractivity (Wildman–Crippen MR) is 37.2 cm³/mol. The number of carbonyl (C=O) groups is 1. The van der Waals surface area contributed by atoms with E-state index < -0.39 is 50.5 Å². The number of rotatable bonds is 0. The lowest BCUT2D eigenvalue weighted by molar-refractivity contribution is -0.122. The minimum atomic E-state index is -3.20. The Morgan fingerprint density at radius 2 is 2.22 bits per heavy atom. The number of Topliss-reactive ketones (excluding diaryl/α,β-unsaturated/α-hetero) is 1. The second-order valence-electron chi connectivity index (χ2n) is 1.97. The van der Waals surface area contributed by atoms with Crippen LogP contribution in [0.2, 0.25) is 0 Å². The molecule has 0 N–H and O–H groups in total. The van der Waals surface area contributed by atoms with Crippen LogP contribution >= 0.6 is 0 Å². The van der Waals surface area contributed by atoms with Gasteiger partial charge in [-0.05, 0) is 18.2 Å². The summed E-state index contributed by atoms with van der Waals surface area (Å²) in [4.78, 5) is 11.6. The van der Waals surface area contributed by atoms with Crippen molar-refractivity contribution in [3.8, 4) is 0 Å². The minimum absolute atomic E-state index is 0.896. The summed E-state index contributed by atoms with van der Waals surface area (Å²) in [6.45, 7) is -6.41. The maximum absolute atomic E-state index is 11.6. The van der Waals surface area contributed by atoms with Crippen molar-refractivity contribution in [3.05, 3.63) is 0 Å². The standard InChI is InChI=1S/C8H14O/c1-6-3-7(2)5-8(9)4-6/h6-7H,3-5H2,1-2H3/i1D3,2D3,3D2,6D,7D. The fourth-order valence-corrected chi connectivity index (χ4v) is 0.727. The van der Waals surface area contributed by atoms with Gasteiger partial charge in [-0.2, -0.15) is 0 Å². The van der Waals surface area contributed by atoms with Gasteiger partial charge in [-0.3, -0.25) is 4.79 Å². The van der Waals surface area contributed by atoms with Crippen LogP contribution in [0, 0.1) is 11.8 Å². The highest BCUT2D eigenvalue weighted by Crippen LogP contribution is 2.25. The molecule has 1 nitrogen and oxygen atoms in total. The fraction of sp³-hybridized carbons (Fsp3) is 0.875. The van der Waals surface area contributed by atoms with Crippen molar-refractivity contribution in [1.82, 2.24) is 0 Å². The second kappa shape index (κ2) is 2.51. The predicted octanol–water partition coefficient (Wildman–Crippen LogP) is 2.01. The quantitative estimate of drug-likeness (QED) is 0.498. The molecule has 0 aromatic carbocycles. The average Bonchev–Trinajstić information content (AvgIpc) is 2.10. The van der Waals surface area contributed by atoms with E-state index in [2.05, 4.69) is 0 Å². The molecule has 2 atom stereocenters. The zero-order chi connectivity index (χ0) is 15.5. The average molecular weight is 136 g/mol. The summed E-state index contributed by atoms with van der Waals surface area (Å²) in [5.74, 6) is -6.77. The van der Waals surface area contributed by atoms with Crippen molar-refractivity contribution in [2.45, 2.75) is 32.9 Å². The molecule has 0 radical (unpaired) electrons. The highest BCUT2D eigenvalue weighted by molar-refractivity contribution is 5.79. The molecule has 1 aliphatic rings. The first-order valence-electron chi connectivity index (χ1n) is 7.62. The first-order valence-corrected chi connectivity index (χ1v) is 2.62. The Morgan fingerprint density at radius 3 is 2.67 bits per heavy atom.